The Morgan fingerprint density at radius 1 is 1.35 bits per heavy atom. The van der Waals surface area contributed by atoms with Gasteiger partial charge in [-0.3, -0.25) is 4.79 Å². The fourth-order valence-electron chi connectivity index (χ4n) is 1.96. The van der Waals surface area contributed by atoms with E-state index >= 15 is 0 Å². The Bertz CT molecular complexity index is 415. The summed E-state index contributed by atoms with van der Waals surface area (Å²) in [4.78, 5) is 34.7. The van der Waals surface area contributed by atoms with E-state index in [1.807, 2.05) is 0 Å². The highest BCUT2D eigenvalue weighted by atomic mass is 16.5. The lowest BCUT2D eigenvalue weighted by molar-refractivity contribution is -0.144. The van der Waals surface area contributed by atoms with Crippen LogP contribution in [0.15, 0.2) is 0 Å². The Morgan fingerprint density at radius 2 is 2.05 bits per heavy atom. The molecule has 112 valence electrons. The molecule has 8 nitrogen and oxygen atoms in total. The van der Waals surface area contributed by atoms with Crippen molar-refractivity contribution >= 4 is 17.9 Å². The fraction of sp³-hybridized carbons (Fsp3) is 0.750. The summed E-state index contributed by atoms with van der Waals surface area (Å²) in [5, 5.41) is 16.8. The van der Waals surface area contributed by atoms with E-state index in [1.54, 1.807) is 6.92 Å². The van der Waals surface area contributed by atoms with Gasteiger partial charge in [-0.15, -0.1) is 0 Å². The summed E-state index contributed by atoms with van der Waals surface area (Å²) in [6.45, 7) is 1.76. The molecule has 0 radical (unpaired) electrons. The Balaban J connectivity index is 1.84. The van der Waals surface area contributed by atoms with Crippen LogP contribution in [0.3, 0.4) is 0 Å². The van der Waals surface area contributed by atoms with Gasteiger partial charge in [0.25, 0.3) is 0 Å². The molecule has 1 heterocycles. The monoisotopic (exact) mass is 285 g/mol. The first-order chi connectivity index (χ1) is 9.43. The number of hydrogen-bond donors (Lipinski definition) is 4. The van der Waals surface area contributed by atoms with E-state index in [1.165, 1.54) is 0 Å². The summed E-state index contributed by atoms with van der Waals surface area (Å²) in [6.07, 6.45) is 2.13. The van der Waals surface area contributed by atoms with E-state index < -0.39 is 23.6 Å². The first kappa shape index (κ1) is 14.6. The first-order valence-electron chi connectivity index (χ1n) is 6.63. The molecule has 4 N–H and O–H groups in total. The van der Waals surface area contributed by atoms with Crippen LogP contribution in [0.5, 0.6) is 0 Å². The van der Waals surface area contributed by atoms with Crippen molar-refractivity contribution in [2.45, 2.75) is 43.8 Å². The average Bonchev–Trinajstić information content (AvgIpc) is 3.05. The zero-order valence-corrected chi connectivity index (χ0v) is 11.3. The van der Waals surface area contributed by atoms with E-state index in [9.17, 15) is 19.5 Å². The highest BCUT2D eigenvalue weighted by Gasteiger charge is 2.44. The minimum atomic E-state index is -1.41. The Morgan fingerprint density at radius 3 is 2.55 bits per heavy atom. The van der Waals surface area contributed by atoms with E-state index in [0.29, 0.717) is 0 Å². The van der Waals surface area contributed by atoms with Crippen LogP contribution in [0.1, 0.15) is 26.2 Å². The number of carbonyl (C=O) groups excluding carboxylic acids is 2. The maximum atomic E-state index is 11.8. The topological polar surface area (TPSA) is 117 Å². The third-order valence-electron chi connectivity index (χ3n) is 3.45. The zero-order valence-electron chi connectivity index (χ0n) is 11.3. The van der Waals surface area contributed by atoms with Crippen LogP contribution < -0.4 is 16.0 Å². The van der Waals surface area contributed by atoms with Crippen molar-refractivity contribution in [1.29, 1.82) is 0 Å². The van der Waals surface area contributed by atoms with Crippen molar-refractivity contribution in [2.75, 3.05) is 13.2 Å². The standard InChI is InChI=1S/C12H19N3O5/c1-7(9(16)14-8-2-3-8)13-11(19)15-12(10(17)18)4-5-20-6-12/h7-8H,2-6H2,1H3,(H,14,16)(H,17,18)(H2,13,15,19). The van der Waals surface area contributed by atoms with E-state index in [4.69, 9.17) is 4.74 Å². The average molecular weight is 285 g/mol. The number of amides is 3. The van der Waals surface area contributed by atoms with Crippen LogP contribution in [0, 0.1) is 0 Å². The molecule has 0 spiro atoms. The molecule has 2 fully saturated rings. The molecular weight excluding hydrogens is 266 g/mol. The van der Waals surface area contributed by atoms with Crippen molar-refractivity contribution in [1.82, 2.24) is 16.0 Å². The predicted molar refractivity (Wildman–Crippen MR) is 68.1 cm³/mol. The highest BCUT2D eigenvalue weighted by Crippen LogP contribution is 2.19. The van der Waals surface area contributed by atoms with Crippen LogP contribution in [0.25, 0.3) is 0 Å². The van der Waals surface area contributed by atoms with Gasteiger partial charge in [0.2, 0.25) is 5.91 Å². The van der Waals surface area contributed by atoms with Gasteiger partial charge in [-0.1, -0.05) is 0 Å². The summed E-state index contributed by atoms with van der Waals surface area (Å²) < 4.78 is 5.03. The lowest BCUT2D eigenvalue weighted by Gasteiger charge is -2.25. The molecule has 0 aromatic rings. The molecule has 2 unspecified atom stereocenters. The number of carboxylic acid groups (broad SMARTS) is 1. The summed E-state index contributed by atoms with van der Waals surface area (Å²) in [5.41, 5.74) is -1.41. The van der Waals surface area contributed by atoms with Crippen molar-refractivity contribution in [3.8, 4) is 0 Å². The highest BCUT2D eigenvalue weighted by molar-refractivity contribution is 5.90. The minimum absolute atomic E-state index is 0.0710. The Kier molecular flexibility index (Phi) is 4.12. The van der Waals surface area contributed by atoms with Crippen molar-refractivity contribution in [3.63, 3.8) is 0 Å². The molecule has 1 saturated heterocycles. The van der Waals surface area contributed by atoms with Gasteiger partial charge in [-0.25, -0.2) is 9.59 Å². The molecule has 20 heavy (non-hydrogen) atoms. The third kappa shape index (κ3) is 3.38. The number of hydrogen-bond acceptors (Lipinski definition) is 4. The van der Waals surface area contributed by atoms with E-state index in [2.05, 4.69) is 16.0 Å². The number of carboxylic acids is 1. The molecule has 1 aliphatic carbocycles. The second-order valence-corrected chi connectivity index (χ2v) is 5.29. The molecule has 8 heteroatoms. The van der Waals surface area contributed by atoms with Gasteiger partial charge < -0.3 is 25.8 Å². The van der Waals surface area contributed by atoms with Gasteiger partial charge in [0.15, 0.2) is 5.54 Å². The summed E-state index contributed by atoms with van der Waals surface area (Å²) >= 11 is 0. The molecule has 3 amide bonds. The number of nitrogens with one attached hydrogen (secondary N) is 3. The quantitative estimate of drug-likeness (QED) is 0.527. The molecule has 0 bridgehead atoms. The van der Waals surface area contributed by atoms with Crippen LogP contribution >= 0.6 is 0 Å². The van der Waals surface area contributed by atoms with Gasteiger partial charge in [0.05, 0.1) is 6.61 Å². The molecule has 1 saturated carbocycles. The molecule has 2 aliphatic rings. The predicted octanol–water partition coefficient (Wildman–Crippen LogP) is -0.804. The maximum absolute atomic E-state index is 11.8. The second kappa shape index (κ2) is 5.66. The van der Waals surface area contributed by atoms with Gasteiger partial charge in [-0.2, -0.15) is 0 Å². The summed E-state index contributed by atoms with van der Waals surface area (Å²) in [5.74, 6) is -1.41. The Labute approximate surface area is 116 Å². The number of carbonyl (C=O) groups is 3. The molecule has 0 aromatic carbocycles. The van der Waals surface area contributed by atoms with Gasteiger partial charge in [-0.05, 0) is 19.8 Å². The SMILES string of the molecule is CC(NC(=O)NC1(C(=O)O)CCOC1)C(=O)NC1CC1. The molecule has 2 rings (SSSR count). The first-order valence-corrected chi connectivity index (χ1v) is 6.63. The zero-order chi connectivity index (χ0) is 14.8. The lowest BCUT2D eigenvalue weighted by atomic mass is 9.99. The smallest absolute Gasteiger partial charge is 0.332 e. The largest absolute Gasteiger partial charge is 0.479 e. The molecular formula is C12H19N3O5. The van der Waals surface area contributed by atoms with Gasteiger partial charge >= 0.3 is 12.0 Å². The normalized spacial score (nSPS) is 26.6. The summed E-state index contributed by atoms with van der Waals surface area (Å²) in [7, 11) is 0. The molecule has 0 aromatic heterocycles. The maximum Gasteiger partial charge on any atom is 0.332 e. The summed E-state index contributed by atoms with van der Waals surface area (Å²) in [6, 6.07) is -1.19. The second-order valence-electron chi connectivity index (χ2n) is 5.29. The Hall–Kier alpha value is -1.83. The van der Waals surface area contributed by atoms with E-state index in [0.717, 1.165) is 12.8 Å². The molecule has 2 atom stereocenters. The van der Waals surface area contributed by atoms with Gasteiger partial charge in [0, 0.05) is 19.1 Å². The van der Waals surface area contributed by atoms with Crippen LogP contribution in [0.2, 0.25) is 0 Å². The van der Waals surface area contributed by atoms with Crippen LogP contribution in [-0.4, -0.2) is 53.9 Å². The number of aliphatic carboxylic acids is 1. The number of ether oxygens (including phenoxy) is 1. The lowest BCUT2D eigenvalue weighted by Crippen LogP contribution is -2.60. The van der Waals surface area contributed by atoms with Crippen molar-refractivity contribution in [2.24, 2.45) is 0 Å². The number of urea groups is 1. The number of rotatable bonds is 5. The van der Waals surface area contributed by atoms with Crippen LogP contribution in [-0.2, 0) is 14.3 Å². The van der Waals surface area contributed by atoms with Crippen LogP contribution in [0.4, 0.5) is 4.79 Å². The van der Waals surface area contributed by atoms with Gasteiger partial charge in [0.1, 0.15) is 6.04 Å². The van der Waals surface area contributed by atoms with E-state index in [-0.39, 0.29) is 31.6 Å². The minimum Gasteiger partial charge on any atom is -0.479 e. The van der Waals surface area contributed by atoms with Crippen molar-refractivity contribution < 1.29 is 24.2 Å². The third-order valence-corrected chi connectivity index (χ3v) is 3.45. The van der Waals surface area contributed by atoms with Crippen molar-refractivity contribution in [3.05, 3.63) is 0 Å². The molecule has 1 aliphatic heterocycles. The fourth-order valence-corrected chi connectivity index (χ4v) is 1.96.